The van der Waals surface area contributed by atoms with Crippen molar-refractivity contribution < 1.29 is 9.59 Å². The molecule has 3 rings (SSSR count). The van der Waals surface area contributed by atoms with Gasteiger partial charge in [0.15, 0.2) is 11.5 Å². The minimum Gasteiger partial charge on any atom is -0.339 e. The molecule has 2 amide bonds. The summed E-state index contributed by atoms with van der Waals surface area (Å²) in [7, 11) is 0. The van der Waals surface area contributed by atoms with Gasteiger partial charge in [-0.1, -0.05) is 32.0 Å². The summed E-state index contributed by atoms with van der Waals surface area (Å²) in [6, 6.07) is 11.5. The summed E-state index contributed by atoms with van der Waals surface area (Å²) in [5, 5.41) is 11.5. The molecule has 0 unspecified atom stereocenters. The Kier molecular flexibility index (Phi) is 5.69. The number of piperazine rings is 1. The summed E-state index contributed by atoms with van der Waals surface area (Å²) < 4.78 is 0. The molecule has 1 aromatic heterocycles. The molecule has 2 aromatic rings. The van der Waals surface area contributed by atoms with Gasteiger partial charge in [-0.3, -0.25) is 9.59 Å². The topological polar surface area (TPSA) is 78.4 Å². The van der Waals surface area contributed by atoms with E-state index in [-0.39, 0.29) is 11.8 Å². The largest absolute Gasteiger partial charge is 0.339 e. The number of hydrogen-bond donors (Lipinski definition) is 1. The number of rotatable bonds is 4. The minimum atomic E-state index is -0.153. The molecule has 0 radical (unpaired) electrons. The van der Waals surface area contributed by atoms with Crippen LogP contribution in [0.4, 0.5) is 11.5 Å². The summed E-state index contributed by atoms with van der Waals surface area (Å²) in [6.07, 6.45) is 0. The van der Waals surface area contributed by atoms with E-state index in [1.165, 1.54) is 5.56 Å². The smallest absolute Gasteiger partial charge is 0.274 e. The Morgan fingerprint density at radius 3 is 2.22 bits per heavy atom. The Hall–Kier alpha value is -2.96. The summed E-state index contributed by atoms with van der Waals surface area (Å²) in [6.45, 7) is 7.97. The highest BCUT2D eigenvalue weighted by Crippen LogP contribution is 2.26. The van der Waals surface area contributed by atoms with E-state index in [0.29, 0.717) is 43.6 Å². The first-order valence-electron chi connectivity index (χ1n) is 9.20. The van der Waals surface area contributed by atoms with E-state index in [1.807, 2.05) is 18.2 Å². The maximum atomic E-state index is 12.6. The van der Waals surface area contributed by atoms with Gasteiger partial charge in [-0.2, -0.15) is 0 Å². The molecule has 7 heteroatoms. The van der Waals surface area contributed by atoms with E-state index in [1.54, 1.807) is 28.9 Å². The molecule has 1 aliphatic rings. The lowest BCUT2D eigenvalue weighted by atomic mass is 10.0. The van der Waals surface area contributed by atoms with Crippen LogP contribution in [0.1, 0.15) is 42.7 Å². The molecule has 0 bridgehead atoms. The lowest BCUT2D eigenvalue weighted by Gasteiger charge is -2.33. The molecule has 2 heterocycles. The highest BCUT2D eigenvalue weighted by molar-refractivity contribution is 5.92. The molecule has 7 nitrogen and oxygen atoms in total. The van der Waals surface area contributed by atoms with Crippen molar-refractivity contribution in [2.45, 2.75) is 26.7 Å². The zero-order valence-electron chi connectivity index (χ0n) is 16.0. The summed E-state index contributed by atoms with van der Waals surface area (Å²) in [4.78, 5) is 27.4. The molecule has 1 aromatic carbocycles. The second-order valence-corrected chi connectivity index (χ2v) is 6.97. The van der Waals surface area contributed by atoms with Gasteiger partial charge in [0.05, 0.1) is 0 Å². The van der Waals surface area contributed by atoms with Crippen molar-refractivity contribution in [3.8, 4) is 0 Å². The molecule has 0 atom stereocenters. The molecule has 0 spiro atoms. The van der Waals surface area contributed by atoms with Crippen molar-refractivity contribution in [3.05, 3.63) is 47.7 Å². The van der Waals surface area contributed by atoms with Gasteiger partial charge in [-0.25, -0.2) is 0 Å². The van der Waals surface area contributed by atoms with Crippen LogP contribution in [0.2, 0.25) is 0 Å². The predicted molar refractivity (Wildman–Crippen MR) is 104 cm³/mol. The van der Waals surface area contributed by atoms with Crippen molar-refractivity contribution >= 4 is 23.3 Å². The Morgan fingerprint density at radius 2 is 1.63 bits per heavy atom. The van der Waals surface area contributed by atoms with Crippen molar-refractivity contribution in [3.63, 3.8) is 0 Å². The Labute approximate surface area is 159 Å². The van der Waals surface area contributed by atoms with Gasteiger partial charge in [0.2, 0.25) is 5.91 Å². The highest BCUT2D eigenvalue weighted by Gasteiger charge is 2.24. The number of para-hydroxylation sites is 1. The predicted octanol–water partition coefficient (Wildman–Crippen LogP) is 2.65. The second-order valence-electron chi connectivity index (χ2n) is 6.97. The van der Waals surface area contributed by atoms with Crippen LogP contribution in [0.5, 0.6) is 0 Å². The van der Waals surface area contributed by atoms with Crippen LogP contribution in [0.3, 0.4) is 0 Å². The van der Waals surface area contributed by atoms with E-state index >= 15 is 0 Å². The molecule has 1 saturated heterocycles. The molecule has 0 saturated carbocycles. The van der Waals surface area contributed by atoms with E-state index in [9.17, 15) is 9.59 Å². The SMILES string of the molecule is CC(=O)N1CCN(C(=O)c2ccc(Nc3ccccc3C(C)C)nn2)CC1. The number of nitrogens with one attached hydrogen (secondary N) is 1. The zero-order valence-corrected chi connectivity index (χ0v) is 16.0. The first kappa shape index (κ1) is 18.8. The fourth-order valence-corrected chi connectivity index (χ4v) is 3.15. The number of carbonyl (C=O) groups is 2. The fourth-order valence-electron chi connectivity index (χ4n) is 3.15. The minimum absolute atomic E-state index is 0.0407. The van der Waals surface area contributed by atoms with Gasteiger partial charge in [-0.05, 0) is 29.7 Å². The highest BCUT2D eigenvalue weighted by atomic mass is 16.2. The maximum absolute atomic E-state index is 12.6. The number of benzene rings is 1. The van der Waals surface area contributed by atoms with Gasteiger partial charge in [0, 0.05) is 38.8 Å². The third-order valence-electron chi connectivity index (χ3n) is 4.74. The number of aromatic nitrogens is 2. The number of anilines is 2. The van der Waals surface area contributed by atoms with Crippen molar-refractivity contribution in [2.75, 3.05) is 31.5 Å². The lowest BCUT2D eigenvalue weighted by molar-refractivity contribution is -0.130. The average Bonchev–Trinajstić information content (AvgIpc) is 2.68. The molecule has 1 N–H and O–H groups in total. The molecule has 0 aliphatic carbocycles. The first-order chi connectivity index (χ1) is 13.0. The maximum Gasteiger partial charge on any atom is 0.274 e. The van der Waals surface area contributed by atoms with Crippen molar-refractivity contribution in [1.29, 1.82) is 0 Å². The third-order valence-corrected chi connectivity index (χ3v) is 4.74. The quantitative estimate of drug-likeness (QED) is 0.899. The number of amides is 2. The van der Waals surface area contributed by atoms with Crippen molar-refractivity contribution in [1.82, 2.24) is 20.0 Å². The van der Waals surface area contributed by atoms with Gasteiger partial charge < -0.3 is 15.1 Å². The van der Waals surface area contributed by atoms with Crippen LogP contribution in [-0.4, -0.2) is 58.0 Å². The standard InChI is InChI=1S/C20H25N5O2/c1-14(2)16-6-4-5-7-17(16)21-19-9-8-18(22-23-19)20(27)25-12-10-24(11-13-25)15(3)26/h4-9,14H,10-13H2,1-3H3,(H,21,23). The molecule has 1 aliphatic heterocycles. The van der Waals surface area contributed by atoms with Crippen LogP contribution in [0.15, 0.2) is 36.4 Å². The normalized spacial score (nSPS) is 14.4. The molecule has 1 fully saturated rings. The molecular formula is C20H25N5O2. The Balaban J connectivity index is 1.66. The van der Waals surface area contributed by atoms with E-state index in [2.05, 4.69) is 35.4 Å². The van der Waals surface area contributed by atoms with Crippen LogP contribution < -0.4 is 5.32 Å². The van der Waals surface area contributed by atoms with Gasteiger partial charge >= 0.3 is 0 Å². The van der Waals surface area contributed by atoms with Crippen LogP contribution in [-0.2, 0) is 4.79 Å². The van der Waals surface area contributed by atoms with Crippen LogP contribution in [0, 0.1) is 0 Å². The monoisotopic (exact) mass is 367 g/mol. The Morgan fingerprint density at radius 1 is 0.963 bits per heavy atom. The lowest BCUT2D eigenvalue weighted by Crippen LogP contribution is -2.50. The molecular weight excluding hydrogens is 342 g/mol. The van der Waals surface area contributed by atoms with Gasteiger partial charge in [-0.15, -0.1) is 10.2 Å². The van der Waals surface area contributed by atoms with Crippen LogP contribution in [0.25, 0.3) is 0 Å². The second kappa shape index (κ2) is 8.16. The van der Waals surface area contributed by atoms with Crippen LogP contribution >= 0.6 is 0 Å². The van der Waals surface area contributed by atoms with Gasteiger partial charge in [0.1, 0.15) is 0 Å². The average molecular weight is 367 g/mol. The van der Waals surface area contributed by atoms with E-state index in [4.69, 9.17) is 0 Å². The number of carbonyl (C=O) groups excluding carboxylic acids is 2. The fraction of sp³-hybridized carbons (Fsp3) is 0.400. The Bertz CT molecular complexity index is 811. The van der Waals surface area contributed by atoms with E-state index < -0.39 is 0 Å². The van der Waals surface area contributed by atoms with Crippen molar-refractivity contribution in [2.24, 2.45) is 0 Å². The summed E-state index contributed by atoms with van der Waals surface area (Å²) >= 11 is 0. The third kappa shape index (κ3) is 4.42. The zero-order chi connectivity index (χ0) is 19.4. The number of nitrogens with zero attached hydrogens (tertiary/aromatic N) is 4. The first-order valence-corrected chi connectivity index (χ1v) is 9.20. The summed E-state index contributed by atoms with van der Waals surface area (Å²) in [5.74, 6) is 0.871. The number of hydrogen-bond acceptors (Lipinski definition) is 5. The molecule has 142 valence electrons. The van der Waals surface area contributed by atoms with E-state index in [0.717, 1.165) is 5.69 Å². The summed E-state index contributed by atoms with van der Waals surface area (Å²) in [5.41, 5.74) is 2.50. The molecule has 27 heavy (non-hydrogen) atoms. The van der Waals surface area contributed by atoms with Gasteiger partial charge in [0.25, 0.3) is 5.91 Å².